The van der Waals surface area contributed by atoms with Crippen molar-refractivity contribution in [2.75, 3.05) is 13.1 Å². The van der Waals surface area contributed by atoms with Crippen LogP contribution in [0.3, 0.4) is 0 Å². The average Bonchev–Trinajstić information content (AvgIpc) is 2.77. The van der Waals surface area contributed by atoms with Gasteiger partial charge in [0.1, 0.15) is 12.5 Å². The zero-order valence-corrected chi connectivity index (χ0v) is 8.30. The van der Waals surface area contributed by atoms with Crippen LogP contribution in [0.5, 0.6) is 0 Å². The van der Waals surface area contributed by atoms with Crippen LogP contribution in [0.4, 0.5) is 0 Å². The summed E-state index contributed by atoms with van der Waals surface area (Å²) in [5.74, 6) is 0. The van der Waals surface area contributed by atoms with Gasteiger partial charge in [-0.15, -0.1) is 0 Å². The molecule has 0 bridgehead atoms. The quantitative estimate of drug-likeness (QED) is 0.669. The molecule has 0 radical (unpaired) electrons. The van der Waals surface area contributed by atoms with Crippen LogP contribution in [-0.2, 0) is 0 Å². The van der Waals surface area contributed by atoms with Crippen molar-refractivity contribution in [2.24, 2.45) is 5.10 Å². The minimum absolute atomic E-state index is 0.300. The highest BCUT2D eigenvalue weighted by Crippen LogP contribution is 2.17. The van der Waals surface area contributed by atoms with Crippen LogP contribution in [0.2, 0.25) is 0 Å². The molecule has 1 saturated heterocycles. The van der Waals surface area contributed by atoms with E-state index in [9.17, 15) is 0 Å². The summed E-state index contributed by atoms with van der Waals surface area (Å²) in [5, 5.41) is 7.51. The zero-order valence-electron chi connectivity index (χ0n) is 8.30. The molecule has 2 N–H and O–H groups in total. The van der Waals surface area contributed by atoms with E-state index in [-0.39, 0.29) is 0 Å². The summed E-state index contributed by atoms with van der Waals surface area (Å²) in [6.07, 6.45) is 4.01. The molecule has 1 aromatic rings. The van der Waals surface area contributed by atoms with E-state index in [0.717, 1.165) is 18.8 Å². The summed E-state index contributed by atoms with van der Waals surface area (Å²) < 4.78 is 0. The minimum Gasteiger partial charge on any atom is -0.337 e. The number of hydrogen-bond donors (Lipinski definition) is 2. The summed E-state index contributed by atoms with van der Waals surface area (Å²) in [4.78, 5) is 6.57. The SMILES string of the molecule is C1=NNC2CNC(c3ccccn3)CN12. The van der Waals surface area contributed by atoms with E-state index in [0.29, 0.717) is 12.2 Å². The molecule has 2 atom stereocenters. The molecule has 78 valence electrons. The van der Waals surface area contributed by atoms with Crippen LogP contribution >= 0.6 is 0 Å². The Labute approximate surface area is 88.2 Å². The molecule has 15 heavy (non-hydrogen) atoms. The van der Waals surface area contributed by atoms with Crippen LogP contribution in [0.25, 0.3) is 0 Å². The van der Waals surface area contributed by atoms with E-state index >= 15 is 0 Å². The fourth-order valence-corrected chi connectivity index (χ4v) is 1.99. The molecule has 2 aliphatic rings. The largest absolute Gasteiger partial charge is 0.337 e. The normalized spacial score (nSPS) is 28.7. The van der Waals surface area contributed by atoms with Gasteiger partial charge in [-0.1, -0.05) is 6.07 Å². The van der Waals surface area contributed by atoms with Crippen molar-refractivity contribution in [3.8, 4) is 0 Å². The van der Waals surface area contributed by atoms with E-state index in [4.69, 9.17) is 0 Å². The lowest BCUT2D eigenvalue weighted by atomic mass is 10.1. The fourth-order valence-electron chi connectivity index (χ4n) is 1.99. The Morgan fingerprint density at radius 3 is 3.27 bits per heavy atom. The Morgan fingerprint density at radius 2 is 2.40 bits per heavy atom. The second-order valence-corrected chi connectivity index (χ2v) is 3.80. The molecule has 5 heteroatoms. The zero-order chi connectivity index (χ0) is 10.1. The molecule has 2 aliphatic heterocycles. The maximum Gasteiger partial charge on any atom is 0.128 e. The first-order chi connectivity index (χ1) is 7.43. The van der Waals surface area contributed by atoms with Gasteiger partial charge in [-0.25, -0.2) is 0 Å². The monoisotopic (exact) mass is 203 g/mol. The van der Waals surface area contributed by atoms with Gasteiger partial charge in [0.2, 0.25) is 0 Å². The molecule has 1 aromatic heterocycles. The van der Waals surface area contributed by atoms with Crippen LogP contribution < -0.4 is 10.7 Å². The Kier molecular flexibility index (Phi) is 2.03. The van der Waals surface area contributed by atoms with E-state index in [2.05, 4.69) is 31.8 Å². The van der Waals surface area contributed by atoms with Crippen molar-refractivity contribution in [1.82, 2.24) is 20.6 Å². The van der Waals surface area contributed by atoms with Crippen molar-refractivity contribution in [3.63, 3.8) is 0 Å². The van der Waals surface area contributed by atoms with E-state index in [1.54, 1.807) is 0 Å². The van der Waals surface area contributed by atoms with Gasteiger partial charge < -0.3 is 10.2 Å². The van der Waals surface area contributed by atoms with Crippen LogP contribution in [0.15, 0.2) is 29.5 Å². The van der Waals surface area contributed by atoms with Gasteiger partial charge in [0.25, 0.3) is 0 Å². The molecule has 2 unspecified atom stereocenters. The topological polar surface area (TPSA) is 52.6 Å². The summed E-state index contributed by atoms with van der Waals surface area (Å²) in [7, 11) is 0. The lowest BCUT2D eigenvalue weighted by molar-refractivity contribution is 0.209. The first kappa shape index (κ1) is 8.67. The lowest BCUT2D eigenvalue weighted by Gasteiger charge is -2.34. The van der Waals surface area contributed by atoms with Gasteiger partial charge in [0, 0.05) is 19.3 Å². The van der Waals surface area contributed by atoms with Gasteiger partial charge >= 0.3 is 0 Å². The minimum atomic E-state index is 0.300. The van der Waals surface area contributed by atoms with Crippen molar-refractivity contribution in [1.29, 1.82) is 0 Å². The smallest absolute Gasteiger partial charge is 0.128 e. The summed E-state index contributed by atoms with van der Waals surface area (Å²) in [6.45, 7) is 1.80. The number of fused-ring (bicyclic) bond motifs is 1. The first-order valence-electron chi connectivity index (χ1n) is 5.12. The van der Waals surface area contributed by atoms with E-state index in [1.807, 2.05) is 24.7 Å². The van der Waals surface area contributed by atoms with E-state index in [1.165, 1.54) is 0 Å². The van der Waals surface area contributed by atoms with Gasteiger partial charge in [-0.2, -0.15) is 5.10 Å². The molecule has 0 spiro atoms. The molecule has 5 nitrogen and oxygen atoms in total. The number of rotatable bonds is 1. The number of aromatic nitrogens is 1. The Bertz CT molecular complexity index is 363. The maximum absolute atomic E-state index is 4.36. The number of nitrogens with zero attached hydrogens (tertiary/aromatic N) is 3. The number of hydrogen-bond acceptors (Lipinski definition) is 5. The summed E-state index contributed by atoms with van der Waals surface area (Å²) >= 11 is 0. The highest BCUT2D eigenvalue weighted by molar-refractivity contribution is 5.57. The lowest BCUT2D eigenvalue weighted by Crippen LogP contribution is -2.53. The third-order valence-electron chi connectivity index (χ3n) is 2.83. The molecular formula is C10H13N5. The Balaban J connectivity index is 1.76. The van der Waals surface area contributed by atoms with Crippen molar-refractivity contribution < 1.29 is 0 Å². The van der Waals surface area contributed by atoms with Crippen LogP contribution in [-0.4, -0.2) is 35.5 Å². The van der Waals surface area contributed by atoms with Crippen molar-refractivity contribution in [2.45, 2.75) is 12.2 Å². The highest BCUT2D eigenvalue weighted by Gasteiger charge is 2.29. The van der Waals surface area contributed by atoms with E-state index < -0.39 is 0 Å². The standard InChI is InChI=1S/C10H13N5/c1-2-4-11-8(3-1)9-6-15-7-13-14-10(15)5-12-9/h1-4,7,9-10,12,14H,5-6H2. The maximum atomic E-state index is 4.36. The average molecular weight is 203 g/mol. The number of nitrogens with one attached hydrogen (secondary N) is 2. The predicted molar refractivity (Wildman–Crippen MR) is 57.1 cm³/mol. The molecule has 0 amide bonds. The molecular weight excluding hydrogens is 190 g/mol. The van der Waals surface area contributed by atoms with Crippen LogP contribution in [0, 0.1) is 0 Å². The van der Waals surface area contributed by atoms with Gasteiger partial charge in [0.15, 0.2) is 0 Å². The Morgan fingerprint density at radius 1 is 1.40 bits per heavy atom. The van der Waals surface area contributed by atoms with Crippen LogP contribution in [0.1, 0.15) is 11.7 Å². The fraction of sp³-hybridized carbons (Fsp3) is 0.400. The predicted octanol–water partition coefficient (Wildman–Crippen LogP) is -0.0995. The van der Waals surface area contributed by atoms with Gasteiger partial charge in [-0.05, 0) is 12.1 Å². The molecule has 0 saturated carbocycles. The van der Waals surface area contributed by atoms with Gasteiger partial charge in [0.05, 0.1) is 11.7 Å². The van der Waals surface area contributed by atoms with Crippen molar-refractivity contribution >= 4 is 6.34 Å². The number of hydrazone groups is 1. The van der Waals surface area contributed by atoms with Gasteiger partial charge in [-0.3, -0.25) is 10.4 Å². The second kappa shape index (κ2) is 3.51. The first-order valence-corrected chi connectivity index (χ1v) is 5.12. The highest BCUT2D eigenvalue weighted by atomic mass is 15.5. The second-order valence-electron chi connectivity index (χ2n) is 3.80. The number of piperazine rings is 1. The Hall–Kier alpha value is -1.62. The third-order valence-corrected chi connectivity index (χ3v) is 2.83. The molecule has 3 heterocycles. The molecule has 0 aromatic carbocycles. The number of pyridine rings is 1. The molecule has 0 aliphatic carbocycles. The summed E-state index contributed by atoms with van der Waals surface area (Å²) in [5.41, 5.74) is 4.14. The van der Waals surface area contributed by atoms with Crippen molar-refractivity contribution in [3.05, 3.63) is 30.1 Å². The molecule has 3 rings (SSSR count). The third kappa shape index (κ3) is 1.55. The molecule has 1 fully saturated rings. The summed E-state index contributed by atoms with van der Waals surface area (Å²) in [6, 6.07) is 6.31.